The number of rotatable bonds is 5. The summed E-state index contributed by atoms with van der Waals surface area (Å²) < 4.78 is 5.51. The van der Waals surface area contributed by atoms with E-state index in [9.17, 15) is 4.79 Å². The Morgan fingerprint density at radius 3 is 2.59 bits per heavy atom. The highest BCUT2D eigenvalue weighted by atomic mass is 16.5. The Hall–Kier alpha value is -1.65. The van der Waals surface area contributed by atoms with Crippen molar-refractivity contribution in [2.24, 2.45) is 5.92 Å². The highest BCUT2D eigenvalue weighted by molar-refractivity contribution is 5.85. The molecule has 0 saturated heterocycles. The Kier molecular flexibility index (Phi) is 4.43. The van der Waals surface area contributed by atoms with Crippen molar-refractivity contribution in [3.8, 4) is 6.01 Å². The highest BCUT2D eigenvalue weighted by Crippen LogP contribution is 2.13. The number of ether oxygens (including phenoxy) is 1. The Balaban J connectivity index is 2.80. The summed E-state index contributed by atoms with van der Waals surface area (Å²) in [6.45, 7) is 7.83. The molecule has 0 aliphatic rings. The minimum absolute atomic E-state index is 0.0292. The van der Waals surface area contributed by atoms with Crippen LogP contribution in [0.1, 0.15) is 43.4 Å². The van der Waals surface area contributed by atoms with Gasteiger partial charge in [-0.25, -0.2) is 9.78 Å². The number of nitrogens with zero attached hydrogens (tertiary/aromatic N) is 2. The van der Waals surface area contributed by atoms with E-state index in [1.165, 1.54) is 6.07 Å². The average molecular weight is 238 g/mol. The zero-order valence-corrected chi connectivity index (χ0v) is 10.6. The van der Waals surface area contributed by atoms with Crippen molar-refractivity contribution in [3.63, 3.8) is 0 Å². The molecule has 5 heteroatoms. The van der Waals surface area contributed by atoms with Gasteiger partial charge in [-0.1, -0.05) is 13.8 Å². The summed E-state index contributed by atoms with van der Waals surface area (Å²) in [4.78, 5) is 18.7. The lowest BCUT2D eigenvalue weighted by Gasteiger charge is -2.15. The van der Waals surface area contributed by atoms with Crippen LogP contribution >= 0.6 is 0 Å². The average Bonchev–Trinajstić information content (AvgIpc) is 2.14. The van der Waals surface area contributed by atoms with Crippen LogP contribution < -0.4 is 4.74 Å². The van der Waals surface area contributed by atoms with Gasteiger partial charge < -0.3 is 9.84 Å². The molecule has 0 aliphatic carbocycles. The van der Waals surface area contributed by atoms with Crippen LogP contribution in [-0.2, 0) is 0 Å². The molecule has 1 unspecified atom stereocenters. The van der Waals surface area contributed by atoms with Gasteiger partial charge in [0.2, 0.25) is 0 Å². The van der Waals surface area contributed by atoms with Crippen LogP contribution in [-0.4, -0.2) is 27.1 Å². The van der Waals surface area contributed by atoms with Crippen molar-refractivity contribution in [3.05, 3.63) is 17.5 Å². The number of carbonyl (C=O) groups is 1. The molecule has 0 fully saturated rings. The SMILES string of the molecule is Cc1cc(C(=O)O)nc(OC(C)CC(C)C)n1. The summed E-state index contributed by atoms with van der Waals surface area (Å²) in [6.07, 6.45) is 0.845. The molecule has 1 atom stereocenters. The molecule has 0 aliphatic heterocycles. The third-order valence-electron chi connectivity index (χ3n) is 2.16. The topological polar surface area (TPSA) is 72.3 Å². The first-order valence-electron chi connectivity index (χ1n) is 5.64. The van der Waals surface area contributed by atoms with E-state index in [1.807, 2.05) is 6.92 Å². The van der Waals surface area contributed by atoms with Gasteiger partial charge in [-0.15, -0.1) is 0 Å². The van der Waals surface area contributed by atoms with Gasteiger partial charge in [0, 0.05) is 5.69 Å². The molecule has 0 spiro atoms. The number of aromatic nitrogens is 2. The van der Waals surface area contributed by atoms with Gasteiger partial charge in [0.15, 0.2) is 5.69 Å². The molecule has 5 nitrogen and oxygen atoms in total. The number of carboxylic acid groups (broad SMARTS) is 1. The molecule has 1 heterocycles. The zero-order chi connectivity index (χ0) is 13.0. The lowest BCUT2D eigenvalue weighted by atomic mass is 10.1. The van der Waals surface area contributed by atoms with Crippen LogP contribution in [0.3, 0.4) is 0 Å². The summed E-state index contributed by atoms with van der Waals surface area (Å²) in [6, 6.07) is 1.55. The Morgan fingerprint density at radius 2 is 2.06 bits per heavy atom. The fraction of sp³-hybridized carbons (Fsp3) is 0.583. The predicted molar refractivity (Wildman–Crippen MR) is 63.3 cm³/mol. The maximum absolute atomic E-state index is 10.8. The second kappa shape index (κ2) is 5.61. The van der Waals surface area contributed by atoms with Gasteiger partial charge in [-0.2, -0.15) is 4.98 Å². The molecule has 1 aromatic heterocycles. The van der Waals surface area contributed by atoms with E-state index in [-0.39, 0.29) is 17.8 Å². The zero-order valence-electron chi connectivity index (χ0n) is 10.6. The first kappa shape index (κ1) is 13.4. The van der Waals surface area contributed by atoms with Crippen LogP contribution in [0.4, 0.5) is 0 Å². The smallest absolute Gasteiger partial charge is 0.354 e. The van der Waals surface area contributed by atoms with Gasteiger partial charge in [0.1, 0.15) is 0 Å². The fourth-order valence-electron chi connectivity index (χ4n) is 1.60. The summed E-state index contributed by atoms with van der Waals surface area (Å²) in [5.41, 5.74) is 0.549. The third-order valence-corrected chi connectivity index (χ3v) is 2.16. The van der Waals surface area contributed by atoms with E-state index in [0.717, 1.165) is 6.42 Å². The first-order valence-corrected chi connectivity index (χ1v) is 5.64. The van der Waals surface area contributed by atoms with E-state index in [0.29, 0.717) is 11.6 Å². The molecule has 0 saturated carbocycles. The number of hydrogen-bond acceptors (Lipinski definition) is 4. The van der Waals surface area contributed by atoms with Crippen molar-refractivity contribution in [2.45, 2.75) is 40.2 Å². The van der Waals surface area contributed by atoms with Crippen LogP contribution in [0.25, 0.3) is 0 Å². The quantitative estimate of drug-likeness (QED) is 0.852. The molecule has 17 heavy (non-hydrogen) atoms. The molecule has 0 bridgehead atoms. The normalized spacial score (nSPS) is 12.5. The lowest BCUT2D eigenvalue weighted by Crippen LogP contribution is -2.17. The van der Waals surface area contributed by atoms with Gasteiger partial charge in [-0.3, -0.25) is 0 Å². The Bertz CT molecular complexity index is 405. The summed E-state index contributed by atoms with van der Waals surface area (Å²) in [5, 5.41) is 8.87. The van der Waals surface area contributed by atoms with E-state index in [4.69, 9.17) is 9.84 Å². The molecule has 1 N–H and O–H groups in total. The largest absolute Gasteiger partial charge is 0.477 e. The lowest BCUT2D eigenvalue weighted by molar-refractivity contribution is 0.0687. The van der Waals surface area contributed by atoms with E-state index >= 15 is 0 Å². The monoisotopic (exact) mass is 238 g/mol. The standard InChI is InChI=1S/C12H18N2O3/c1-7(2)5-9(4)17-12-13-8(3)6-10(14-12)11(15)16/h6-7,9H,5H2,1-4H3,(H,15,16). The molecule has 0 aromatic carbocycles. The molecule has 1 aromatic rings. The second-order valence-electron chi connectivity index (χ2n) is 4.54. The Morgan fingerprint density at radius 1 is 1.41 bits per heavy atom. The second-order valence-corrected chi connectivity index (χ2v) is 4.54. The van der Waals surface area contributed by atoms with Crippen molar-refractivity contribution >= 4 is 5.97 Å². The van der Waals surface area contributed by atoms with Crippen molar-refractivity contribution in [1.29, 1.82) is 0 Å². The van der Waals surface area contributed by atoms with Gasteiger partial charge in [-0.05, 0) is 32.3 Å². The number of hydrogen-bond donors (Lipinski definition) is 1. The minimum Gasteiger partial charge on any atom is -0.477 e. The molecule has 0 amide bonds. The van der Waals surface area contributed by atoms with Crippen LogP contribution in [0.2, 0.25) is 0 Å². The molecule has 94 valence electrons. The summed E-state index contributed by atoms with van der Waals surface area (Å²) in [5.74, 6) is -0.564. The van der Waals surface area contributed by atoms with Crippen LogP contribution in [0.15, 0.2) is 6.07 Å². The molecule has 1 rings (SSSR count). The molecule has 0 radical (unpaired) electrons. The molecular weight excluding hydrogens is 220 g/mol. The van der Waals surface area contributed by atoms with Gasteiger partial charge in [0.25, 0.3) is 0 Å². The third kappa shape index (κ3) is 4.38. The van der Waals surface area contributed by atoms with Gasteiger partial charge in [0.05, 0.1) is 6.10 Å². The fourth-order valence-corrected chi connectivity index (χ4v) is 1.60. The number of carboxylic acids is 1. The maximum Gasteiger partial charge on any atom is 0.354 e. The van der Waals surface area contributed by atoms with Crippen molar-refractivity contribution < 1.29 is 14.6 Å². The highest BCUT2D eigenvalue weighted by Gasteiger charge is 2.12. The molecular formula is C12H18N2O3. The van der Waals surface area contributed by atoms with E-state index in [2.05, 4.69) is 23.8 Å². The van der Waals surface area contributed by atoms with E-state index < -0.39 is 5.97 Å². The number of aromatic carboxylic acids is 1. The first-order chi connectivity index (χ1) is 7.88. The van der Waals surface area contributed by atoms with Crippen molar-refractivity contribution in [1.82, 2.24) is 9.97 Å². The maximum atomic E-state index is 10.8. The predicted octanol–water partition coefficient (Wildman–Crippen LogP) is 2.30. The summed E-state index contributed by atoms with van der Waals surface area (Å²) >= 11 is 0. The number of aryl methyl sites for hydroxylation is 1. The van der Waals surface area contributed by atoms with Gasteiger partial charge >= 0.3 is 12.0 Å². The minimum atomic E-state index is -1.07. The van der Waals surface area contributed by atoms with Crippen molar-refractivity contribution in [2.75, 3.05) is 0 Å². The Labute approximate surface area is 101 Å². The van der Waals surface area contributed by atoms with E-state index in [1.54, 1.807) is 6.92 Å². The summed E-state index contributed by atoms with van der Waals surface area (Å²) in [7, 11) is 0. The van der Waals surface area contributed by atoms with Crippen LogP contribution in [0.5, 0.6) is 6.01 Å². The van der Waals surface area contributed by atoms with Crippen LogP contribution in [0, 0.1) is 12.8 Å².